The van der Waals surface area contributed by atoms with Gasteiger partial charge >= 0.3 is 0 Å². The van der Waals surface area contributed by atoms with Gasteiger partial charge in [-0.05, 0) is 23.1 Å². The second-order valence-corrected chi connectivity index (χ2v) is 6.00. The Labute approximate surface area is 121 Å². The molecule has 108 valence electrons. The second kappa shape index (κ2) is 4.73. The molecule has 3 N–H and O–H groups in total. The monoisotopic (exact) mass is 283 g/mol. The number of fused-ring (bicyclic) bond motifs is 1. The van der Waals surface area contributed by atoms with Crippen molar-refractivity contribution in [3.63, 3.8) is 0 Å². The van der Waals surface area contributed by atoms with Crippen molar-refractivity contribution in [3.05, 3.63) is 46.4 Å². The minimum atomic E-state index is -0.220. The molecule has 0 radical (unpaired) electrons. The maximum atomic E-state index is 11.8. The van der Waals surface area contributed by atoms with E-state index < -0.39 is 0 Å². The van der Waals surface area contributed by atoms with Crippen LogP contribution in [0.5, 0.6) is 0 Å². The largest absolute Gasteiger partial charge is 0.326 e. The van der Waals surface area contributed by atoms with Crippen LogP contribution in [-0.2, 0) is 5.41 Å². The predicted molar refractivity (Wildman–Crippen MR) is 82.9 cm³/mol. The summed E-state index contributed by atoms with van der Waals surface area (Å²) in [5, 5.41) is 10.0. The van der Waals surface area contributed by atoms with Gasteiger partial charge in [-0.15, -0.1) is 0 Å². The van der Waals surface area contributed by atoms with Crippen molar-refractivity contribution in [2.24, 2.45) is 0 Å². The van der Waals surface area contributed by atoms with Crippen LogP contribution >= 0.6 is 0 Å². The van der Waals surface area contributed by atoms with E-state index in [0.717, 1.165) is 5.69 Å². The molecule has 3 rings (SSSR count). The zero-order valence-corrected chi connectivity index (χ0v) is 12.2. The fraction of sp³-hybridized carbons (Fsp3) is 0.267. The van der Waals surface area contributed by atoms with E-state index in [0.29, 0.717) is 17.0 Å². The normalized spacial score (nSPS) is 11.8. The Kier molecular flexibility index (Phi) is 3.01. The van der Waals surface area contributed by atoms with Crippen LogP contribution in [0.15, 0.2) is 35.3 Å². The molecule has 0 unspecified atom stereocenters. The van der Waals surface area contributed by atoms with Crippen molar-refractivity contribution in [1.29, 1.82) is 0 Å². The van der Waals surface area contributed by atoms with Crippen LogP contribution in [0.2, 0.25) is 0 Å². The maximum Gasteiger partial charge on any atom is 0.263 e. The first-order valence-corrected chi connectivity index (χ1v) is 6.74. The van der Waals surface area contributed by atoms with Crippen molar-refractivity contribution in [1.82, 2.24) is 20.2 Å². The molecule has 6 nitrogen and oxygen atoms in total. The Morgan fingerprint density at radius 1 is 1.14 bits per heavy atom. The number of hydrogen-bond acceptors (Lipinski definition) is 4. The zero-order chi connectivity index (χ0) is 15.0. The van der Waals surface area contributed by atoms with Crippen molar-refractivity contribution in [2.75, 3.05) is 5.32 Å². The van der Waals surface area contributed by atoms with Gasteiger partial charge in [0.1, 0.15) is 5.39 Å². The average molecular weight is 283 g/mol. The van der Waals surface area contributed by atoms with Crippen molar-refractivity contribution in [2.45, 2.75) is 26.2 Å². The Morgan fingerprint density at radius 3 is 2.52 bits per heavy atom. The summed E-state index contributed by atoms with van der Waals surface area (Å²) < 4.78 is 0. The van der Waals surface area contributed by atoms with E-state index in [9.17, 15) is 4.79 Å². The molecule has 2 aromatic heterocycles. The molecule has 0 aliphatic rings. The zero-order valence-electron chi connectivity index (χ0n) is 12.2. The molecule has 0 atom stereocenters. The highest BCUT2D eigenvalue weighted by atomic mass is 16.1. The van der Waals surface area contributed by atoms with Gasteiger partial charge in [-0.25, -0.2) is 0 Å². The first-order chi connectivity index (χ1) is 9.93. The van der Waals surface area contributed by atoms with Gasteiger partial charge in [0.2, 0.25) is 5.95 Å². The lowest BCUT2D eigenvalue weighted by molar-refractivity contribution is 0.590. The summed E-state index contributed by atoms with van der Waals surface area (Å²) in [7, 11) is 0. The highest BCUT2D eigenvalue weighted by Gasteiger charge is 2.13. The maximum absolute atomic E-state index is 11.8. The molecule has 2 heterocycles. The topological polar surface area (TPSA) is 86.5 Å². The third-order valence-corrected chi connectivity index (χ3v) is 3.33. The molecule has 0 aliphatic heterocycles. The number of nitrogens with zero attached hydrogens (tertiary/aromatic N) is 2. The minimum Gasteiger partial charge on any atom is -0.326 e. The highest BCUT2D eigenvalue weighted by molar-refractivity contribution is 5.74. The van der Waals surface area contributed by atoms with E-state index in [1.54, 1.807) is 0 Å². The molecule has 21 heavy (non-hydrogen) atoms. The molecule has 0 amide bonds. The summed E-state index contributed by atoms with van der Waals surface area (Å²) in [5.41, 5.74) is 2.47. The Morgan fingerprint density at radius 2 is 1.86 bits per heavy atom. The number of hydrogen-bond donors (Lipinski definition) is 3. The Hall–Kier alpha value is -2.63. The highest BCUT2D eigenvalue weighted by Crippen LogP contribution is 2.24. The molecule has 1 aromatic carbocycles. The Balaban J connectivity index is 1.90. The van der Waals surface area contributed by atoms with Gasteiger partial charge < -0.3 is 5.32 Å². The van der Waals surface area contributed by atoms with E-state index >= 15 is 0 Å². The quantitative estimate of drug-likeness (QED) is 0.675. The minimum absolute atomic E-state index is 0.111. The number of nitrogens with one attached hydrogen (secondary N) is 3. The number of rotatable bonds is 2. The van der Waals surface area contributed by atoms with Gasteiger partial charge in [0.15, 0.2) is 5.65 Å². The van der Waals surface area contributed by atoms with Crippen LogP contribution in [0.1, 0.15) is 26.3 Å². The molecular formula is C15H17N5O. The van der Waals surface area contributed by atoms with E-state index in [1.807, 2.05) is 12.1 Å². The van der Waals surface area contributed by atoms with Crippen molar-refractivity contribution >= 4 is 22.7 Å². The SMILES string of the molecule is CC(C)(C)c1ccc(Nc2nc3[nH]ncc3c(=O)[nH]2)cc1. The summed E-state index contributed by atoms with van der Waals surface area (Å²) in [4.78, 5) is 18.8. The number of benzene rings is 1. The molecule has 0 saturated heterocycles. The number of H-pyrrole nitrogens is 2. The number of aromatic nitrogens is 4. The third kappa shape index (κ3) is 2.65. The van der Waals surface area contributed by atoms with E-state index in [2.05, 4.69) is 58.4 Å². The van der Waals surface area contributed by atoms with Crippen LogP contribution in [0.3, 0.4) is 0 Å². The van der Waals surface area contributed by atoms with Crippen molar-refractivity contribution in [3.8, 4) is 0 Å². The summed E-state index contributed by atoms with van der Waals surface area (Å²) in [6.45, 7) is 6.50. The number of aromatic amines is 2. The molecule has 6 heteroatoms. The van der Waals surface area contributed by atoms with E-state index in [-0.39, 0.29) is 11.0 Å². The number of anilines is 2. The van der Waals surface area contributed by atoms with Crippen LogP contribution in [-0.4, -0.2) is 20.2 Å². The van der Waals surface area contributed by atoms with Gasteiger partial charge in [0.05, 0.1) is 6.20 Å². The smallest absolute Gasteiger partial charge is 0.263 e. The van der Waals surface area contributed by atoms with Crippen LogP contribution in [0, 0.1) is 0 Å². The van der Waals surface area contributed by atoms with Gasteiger partial charge in [-0.1, -0.05) is 32.9 Å². The molecule has 3 aromatic rings. The molecule has 0 aliphatic carbocycles. The summed E-state index contributed by atoms with van der Waals surface area (Å²) in [6.07, 6.45) is 1.46. The van der Waals surface area contributed by atoms with Gasteiger partial charge in [0.25, 0.3) is 5.56 Å². The molecule has 0 spiro atoms. The third-order valence-electron chi connectivity index (χ3n) is 3.33. The molecular weight excluding hydrogens is 266 g/mol. The fourth-order valence-corrected chi connectivity index (χ4v) is 2.09. The van der Waals surface area contributed by atoms with E-state index in [4.69, 9.17) is 0 Å². The molecule has 0 saturated carbocycles. The van der Waals surface area contributed by atoms with Crippen molar-refractivity contribution < 1.29 is 0 Å². The molecule has 0 fully saturated rings. The van der Waals surface area contributed by atoms with Crippen LogP contribution in [0.4, 0.5) is 11.6 Å². The van der Waals surface area contributed by atoms with Gasteiger partial charge in [0, 0.05) is 5.69 Å². The van der Waals surface area contributed by atoms with Gasteiger partial charge in [-0.2, -0.15) is 10.1 Å². The summed E-state index contributed by atoms with van der Waals surface area (Å²) in [5.74, 6) is 0.389. The summed E-state index contributed by atoms with van der Waals surface area (Å²) >= 11 is 0. The van der Waals surface area contributed by atoms with Gasteiger partial charge in [-0.3, -0.25) is 14.9 Å². The fourth-order valence-electron chi connectivity index (χ4n) is 2.09. The lowest BCUT2D eigenvalue weighted by Crippen LogP contribution is -2.12. The predicted octanol–water partition coefficient (Wildman–Crippen LogP) is 2.69. The Bertz CT molecular complexity index is 824. The average Bonchev–Trinajstić information content (AvgIpc) is 2.87. The standard InChI is InChI=1S/C15H17N5O/c1-15(2,3)9-4-6-10(7-5-9)17-14-18-12-11(8-16-20-12)13(21)19-14/h4-8H,1-3H3,(H3,16,17,18,19,20,21). The first-order valence-electron chi connectivity index (χ1n) is 6.74. The first kappa shape index (κ1) is 13.4. The van der Waals surface area contributed by atoms with Crippen LogP contribution < -0.4 is 10.9 Å². The molecule has 0 bridgehead atoms. The van der Waals surface area contributed by atoms with E-state index in [1.165, 1.54) is 11.8 Å². The second-order valence-electron chi connectivity index (χ2n) is 6.00. The van der Waals surface area contributed by atoms with Crippen LogP contribution in [0.25, 0.3) is 11.0 Å². The lowest BCUT2D eigenvalue weighted by Gasteiger charge is -2.19. The lowest BCUT2D eigenvalue weighted by atomic mass is 9.87. The summed E-state index contributed by atoms with van der Waals surface area (Å²) in [6, 6.07) is 8.07.